The van der Waals surface area contributed by atoms with E-state index in [9.17, 15) is 9.90 Å². The summed E-state index contributed by atoms with van der Waals surface area (Å²) in [5.41, 5.74) is 3.66. The fourth-order valence-electron chi connectivity index (χ4n) is 2.41. The highest BCUT2D eigenvalue weighted by molar-refractivity contribution is 6.06. The van der Waals surface area contributed by atoms with Gasteiger partial charge in [0.25, 0.3) is 0 Å². The molecule has 0 saturated carbocycles. The second kappa shape index (κ2) is 5.17. The minimum Gasteiger partial charge on any atom is -0.463 e. The van der Waals surface area contributed by atoms with Gasteiger partial charge in [-0.15, -0.1) is 0 Å². The van der Waals surface area contributed by atoms with Crippen LogP contribution in [0.1, 0.15) is 17.5 Å². The Morgan fingerprint density at radius 1 is 1.00 bits per heavy atom. The second-order valence-electron chi connectivity index (χ2n) is 4.63. The molecular weight excluding hydrogens is 252 g/mol. The van der Waals surface area contributed by atoms with Crippen LogP contribution in [-0.2, 0) is 6.42 Å². The Bertz CT molecular complexity index is 665. The molecule has 100 valence electrons. The smallest absolute Gasteiger partial charge is 0.432 e. The fourth-order valence-corrected chi connectivity index (χ4v) is 2.41. The average Bonchev–Trinajstić information content (AvgIpc) is 2.88. The predicted molar refractivity (Wildman–Crippen MR) is 78.2 cm³/mol. The molecular formula is C16H14N2O2. The monoisotopic (exact) mass is 266 g/mol. The molecule has 4 heteroatoms. The Labute approximate surface area is 117 Å². The van der Waals surface area contributed by atoms with Gasteiger partial charge in [-0.05, 0) is 30.5 Å². The molecule has 0 aliphatic heterocycles. The number of para-hydroxylation sites is 1. The van der Waals surface area contributed by atoms with Crippen LogP contribution in [0.5, 0.6) is 0 Å². The molecule has 2 aromatic rings. The zero-order valence-electron chi connectivity index (χ0n) is 10.9. The Balaban J connectivity index is 2.00. The molecule has 0 atom stereocenters. The number of amides is 1. The van der Waals surface area contributed by atoms with Crippen LogP contribution in [-0.4, -0.2) is 16.9 Å². The number of nitrogens with zero attached hydrogens (tertiary/aromatic N) is 2. The van der Waals surface area contributed by atoms with E-state index in [2.05, 4.69) is 11.2 Å². The quantitative estimate of drug-likeness (QED) is 0.845. The molecule has 0 radical (unpaired) electrons. The van der Waals surface area contributed by atoms with Crippen LogP contribution in [0.3, 0.4) is 0 Å². The summed E-state index contributed by atoms with van der Waals surface area (Å²) in [7, 11) is 0. The Morgan fingerprint density at radius 3 is 2.45 bits per heavy atom. The number of anilines is 1. The van der Waals surface area contributed by atoms with Crippen LogP contribution in [0.4, 0.5) is 10.5 Å². The maximum Gasteiger partial charge on any atom is 0.432 e. The third-order valence-electron chi connectivity index (χ3n) is 3.36. The van der Waals surface area contributed by atoms with Crippen molar-refractivity contribution in [1.82, 2.24) is 0 Å². The van der Waals surface area contributed by atoms with Crippen molar-refractivity contribution >= 4 is 17.5 Å². The number of hydrogen-bond donors (Lipinski definition) is 1. The number of fused-ring (bicyclic) bond motifs is 1. The summed E-state index contributed by atoms with van der Waals surface area (Å²) in [5, 5.41) is 14.7. The van der Waals surface area contributed by atoms with E-state index in [1.54, 1.807) is 24.3 Å². The normalized spacial score (nSPS) is 15.1. The van der Waals surface area contributed by atoms with E-state index in [1.165, 1.54) is 5.56 Å². The molecule has 0 unspecified atom stereocenters. The fraction of sp³-hybridized carbons (Fsp3) is 0.125. The van der Waals surface area contributed by atoms with E-state index in [0.717, 1.165) is 29.1 Å². The van der Waals surface area contributed by atoms with Crippen molar-refractivity contribution in [3.63, 3.8) is 0 Å². The molecule has 0 spiro atoms. The van der Waals surface area contributed by atoms with Gasteiger partial charge in [-0.3, -0.25) is 0 Å². The maximum atomic E-state index is 11.4. The third-order valence-corrected chi connectivity index (χ3v) is 3.36. The van der Waals surface area contributed by atoms with Crippen LogP contribution in [0.15, 0.2) is 59.7 Å². The van der Waals surface area contributed by atoms with Crippen LogP contribution in [0.2, 0.25) is 0 Å². The molecule has 3 rings (SSSR count). The van der Waals surface area contributed by atoms with Gasteiger partial charge in [-0.25, -0.2) is 4.79 Å². The van der Waals surface area contributed by atoms with E-state index in [0.29, 0.717) is 5.69 Å². The first-order chi connectivity index (χ1) is 9.75. The van der Waals surface area contributed by atoms with Crippen molar-refractivity contribution in [2.45, 2.75) is 12.8 Å². The number of rotatable bonds is 2. The van der Waals surface area contributed by atoms with Gasteiger partial charge in [0.05, 0.1) is 11.4 Å². The molecule has 1 amide bonds. The first kappa shape index (κ1) is 12.4. The van der Waals surface area contributed by atoms with Crippen LogP contribution in [0.25, 0.3) is 0 Å². The molecule has 0 bridgehead atoms. The number of hydrogen-bond acceptors (Lipinski definition) is 2. The minimum absolute atomic E-state index is 0.553. The molecule has 1 N–H and O–H groups in total. The lowest BCUT2D eigenvalue weighted by molar-refractivity contribution is 0.202. The van der Waals surface area contributed by atoms with Gasteiger partial charge in [0.1, 0.15) is 0 Å². The van der Waals surface area contributed by atoms with Gasteiger partial charge in [-0.2, -0.15) is 10.1 Å². The van der Waals surface area contributed by atoms with Gasteiger partial charge in [-0.1, -0.05) is 42.5 Å². The van der Waals surface area contributed by atoms with E-state index < -0.39 is 6.09 Å². The van der Waals surface area contributed by atoms with E-state index >= 15 is 0 Å². The van der Waals surface area contributed by atoms with E-state index in [-0.39, 0.29) is 0 Å². The highest BCUT2D eigenvalue weighted by atomic mass is 16.4. The van der Waals surface area contributed by atoms with Crippen molar-refractivity contribution in [2.75, 3.05) is 5.01 Å². The molecule has 1 aliphatic carbocycles. The summed E-state index contributed by atoms with van der Waals surface area (Å²) in [5.74, 6) is 0. The first-order valence-corrected chi connectivity index (χ1v) is 6.49. The van der Waals surface area contributed by atoms with E-state index in [4.69, 9.17) is 0 Å². The Kier molecular flexibility index (Phi) is 3.21. The van der Waals surface area contributed by atoms with Crippen molar-refractivity contribution in [3.8, 4) is 0 Å². The lowest BCUT2D eigenvalue weighted by Gasteiger charge is -2.14. The van der Waals surface area contributed by atoms with Gasteiger partial charge >= 0.3 is 6.09 Å². The van der Waals surface area contributed by atoms with Gasteiger partial charge < -0.3 is 5.11 Å². The minimum atomic E-state index is -1.08. The second-order valence-corrected chi connectivity index (χ2v) is 4.63. The van der Waals surface area contributed by atoms with Crippen molar-refractivity contribution < 1.29 is 9.90 Å². The van der Waals surface area contributed by atoms with Crippen LogP contribution >= 0.6 is 0 Å². The van der Waals surface area contributed by atoms with Gasteiger partial charge in [0.2, 0.25) is 0 Å². The molecule has 2 aromatic carbocycles. The number of benzene rings is 2. The molecule has 0 saturated heterocycles. The summed E-state index contributed by atoms with van der Waals surface area (Å²) in [6.07, 6.45) is 0.612. The van der Waals surface area contributed by atoms with E-state index in [1.807, 2.05) is 24.3 Å². The molecule has 0 aromatic heterocycles. The predicted octanol–water partition coefficient (Wildman–Crippen LogP) is 3.52. The topological polar surface area (TPSA) is 52.9 Å². The SMILES string of the molecule is O=C(O)N(N=C1CCc2ccccc21)c1ccccc1. The van der Waals surface area contributed by atoms with Gasteiger partial charge in [0.15, 0.2) is 0 Å². The van der Waals surface area contributed by atoms with Gasteiger partial charge in [0, 0.05) is 5.56 Å². The Hall–Kier alpha value is -2.62. The largest absolute Gasteiger partial charge is 0.463 e. The van der Waals surface area contributed by atoms with Crippen molar-refractivity contribution in [1.29, 1.82) is 0 Å². The molecule has 20 heavy (non-hydrogen) atoms. The molecule has 0 fully saturated rings. The zero-order valence-corrected chi connectivity index (χ0v) is 10.9. The summed E-state index contributed by atoms with van der Waals surface area (Å²) in [4.78, 5) is 11.4. The lowest BCUT2D eigenvalue weighted by atomic mass is 10.1. The third kappa shape index (κ3) is 2.28. The average molecular weight is 266 g/mol. The Morgan fingerprint density at radius 2 is 1.70 bits per heavy atom. The number of hydrazone groups is 1. The maximum absolute atomic E-state index is 11.4. The number of aryl methyl sites for hydroxylation is 1. The summed E-state index contributed by atoms with van der Waals surface area (Å²) in [6.45, 7) is 0. The van der Waals surface area contributed by atoms with Crippen molar-refractivity contribution in [2.24, 2.45) is 5.10 Å². The summed E-state index contributed by atoms with van der Waals surface area (Å²) >= 11 is 0. The summed E-state index contributed by atoms with van der Waals surface area (Å²) < 4.78 is 0. The molecule has 1 aliphatic rings. The van der Waals surface area contributed by atoms with Crippen LogP contribution < -0.4 is 5.01 Å². The zero-order chi connectivity index (χ0) is 13.9. The standard InChI is InChI=1S/C16H14N2O2/c19-16(20)18(13-7-2-1-3-8-13)17-15-11-10-12-6-4-5-9-14(12)15/h1-9H,10-11H2,(H,19,20). The highest BCUT2D eigenvalue weighted by Crippen LogP contribution is 2.24. The molecule has 4 nitrogen and oxygen atoms in total. The highest BCUT2D eigenvalue weighted by Gasteiger charge is 2.20. The molecule has 0 heterocycles. The number of carbonyl (C=O) groups is 1. The first-order valence-electron chi connectivity index (χ1n) is 6.49. The lowest BCUT2D eigenvalue weighted by Crippen LogP contribution is -2.24. The summed E-state index contributed by atoms with van der Waals surface area (Å²) in [6, 6.07) is 16.9. The number of carboxylic acid groups (broad SMARTS) is 1. The van der Waals surface area contributed by atoms with Crippen molar-refractivity contribution in [3.05, 3.63) is 65.7 Å². The van der Waals surface area contributed by atoms with Crippen LogP contribution in [0, 0.1) is 0 Å².